The van der Waals surface area contributed by atoms with Crippen LogP contribution in [-0.2, 0) is 5.41 Å². The molecule has 0 unspecified atom stereocenters. The molecule has 3 rings (SSSR count). The van der Waals surface area contributed by atoms with Crippen LogP contribution < -0.4 is 0 Å². The lowest BCUT2D eigenvalue weighted by Gasteiger charge is -2.36. The van der Waals surface area contributed by atoms with Gasteiger partial charge >= 0.3 is 0 Å². The zero-order valence-corrected chi connectivity index (χ0v) is 9.89. The Bertz CT molecular complexity index is 395. The molecule has 1 saturated heterocycles. The number of likely N-dealkylation sites (tertiary alicyclic amines) is 1. The lowest BCUT2D eigenvalue weighted by molar-refractivity contribution is 0.328. The van der Waals surface area contributed by atoms with Crippen molar-refractivity contribution in [1.29, 1.82) is 0 Å². The van der Waals surface area contributed by atoms with Crippen LogP contribution in [0.15, 0.2) is 42.5 Å². The second-order valence-electron chi connectivity index (χ2n) is 5.33. The second kappa shape index (κ2) is 3.74. The minimum Gasteiger partial charge on any atom is -0.305 e. The van der Waals surface area contributed by atoms with Crippen molar-refractivity contribution in [2.45, 2.75) is 18.3 Å². The Labute approximate surface area is 97.8 Å². The maximum absolute atomic E-state index is 2.49. The van der Waals surface area contributed by atoms with Gasteiger partial charge in [-0.05, 0) is 31.4 Å². The fraction of sp³-hybridized carbons (Fsp3) is 0.467. The summed E-state index contributed by atoms with van der Waals surface area (Å²) in [7, 11) is 2.25. The molecule has 1 aromatic rings. The Kier molecular flexibility index (Phi) is 2.36. The van der Waals surface area contributed by atoms with Gasteiger partial charge in [0.1, 0.15) is 0 Å². The van der Waals surface area contributed by atoms with E-state index in [0.717, 1.165) is 5.92 Å². The fourth-order valence-electron chi connectivity index (χ4n) is 3.53. The summed E-state index contributed by atoms with van der Waals surface area (Å²) in [5.41, 5.74) is 1.93. The summed E-state index contributed by atoms with van der Waals surface area (Å²) in [6, 6.07) is 11.1. The summed E-state index contributed by atoms with van der Waals surface area (Å²) in [5.74, 6) is 0.810. The highest BCUT2D eigenvalue weighted by molar-refractivity contribution is 5.32. The molecular formula is C15H19N. The molecule has 0 aromatic heterocycles. The fourth-order valence-corrected chi connectivity index (χ4v) is 3.53. The van der Waals surface area contributed by atoms with E-state index in [1.807, 2.05) is 0 Å². The number of benzene rings is 1. The Morgan fingerprint density at radius 2 is 2.00 bits per heavy atom. The predicted octanol–water partition coefficient (Wildman–Crippen LogP) is 2.84. The molecule has 1 nitrogen and oxygen atoms in total. The SMILES string of the molecule is CN1C[C@@H]2CC=CC[C@@]2(c2ccccc2)C1. The molecule has 1 aliphatic heterocycles. The average molecular weight is 213 g/mol. The van der Waals surface area contributed by atoms with E-state index < -0.39 is 0 Å². The molecule has 0 bridgehead atoms. The summed E-state index contributed by atoms with van der Waals surface area (Å²) in [4.78, 5) is 2.49. The largest absolute Gasteiger partial charge is 0.305 e. The maximum atomic E-state index is 2.49. The third-order valence-corrected chi connectivity index (χ3v) is 4.28. The summed E-state index contributed by atoms with van der Waals surface area (Å²) in [5, 5.41) is 0. The van der Waals surface area contributed by atoms with Gasteiger partial charge in [-0.15, -0.1) is 0 Å². The quantitative estimate of drug-likeness (QED) is 0.648. The Morgan fingerprint density at radius 1 is 1.19 bits per heavy atom. The highest BCUT2D eigenvalue weighted by Crippen LogP contribution is 2.45. The monoisotopic (exact) mass is 213 g/mol. The Hall–Kier alpha value is -1.08. The molecule has 2 atom stereocenters. The van der Waals surface area contributed by atoms with Crippen molar-refractivity contribution >= 4 is 0 Å². The van der Waals surface area contributed by atoms with Crippen LogP contribution in [0.5, 0.6) is 0 Å². The number of hydrogen-bond donors (Lipinski definition) is 0. The molecular weight excluding hydrogens is 194 g/mol. The molecule has 0 spiro atoms. The van der Waals surface area contributed by atoms with Crippen LogP contribution >= 0.6 is 0 Å². The maximum Gasteiger partial charge on any atom is 0.0158 e. The van der Waals surface area contributed by atoms with Crippen molar-refractivity contribution in [2.75, 3.05) is 20.1 Å². The topological polar surface area (TPSA) is 3.24 Å². The summed E-state index contributed by atoms with van der Waals surface area (Å²) in [6.07, 6.45) is 7.21. The van der Waals surface area contributed by atoms with Gasteiger partial charge in [0.25, 0.3) is 0 Å². The molecule has 1 heteroatoms. The number of likely N-dealkylation sites (N-methyl/N-ethyl adjacent to an activating group) is 1. The Morgan fingerprint density at radius 3 is 2.81 bits per heavy atom. The van der Waals surface area contributed by atoms with Crippen LogP contribution in [0.3, 0.4) is 0 Å². The molecule has 1 aliphatic carbocycles. The number of hydrogen-bond acceptors (Lipinski definition) is 1. The number of nitrogens with zero attached hydrogens (tertiary/aromatic N) is 1. The van der Waals surface area contributed by atoms with E-state index >= 15 is 0 Å². The third-order valence-electron chi connectivity index (χ3n) is 4.28. The molecule has 84 valence electrons. The van der Waals surface area contributed by atoms with Gasteiger partial charge < -0.3 is 4.90 Å². The molecule has 0 radical (unpaired) electrons. The Balaban J connectivity index is 2.04. The standard InChI is InChI=1S/C15H19N/c1-16-11-14-9-5-6-10-15(14,12-16)13-7-3-2-4-8-13/h2-8,14H,9-12H2,1H3/t14-,15-/m0/s1. The van der Waals surface area contributed by atoms with Gasteiger partial charge in [0.15, 0.2) is 0 Å². The molecule has 1 fully saturated rings. The molecule has 0 N–H and O–H groups in total. The van der Waals surface area contributed by atoms with Crippen LogP contribution in [0.25, 0.3) is 0 Å². The van der Waals surface area contributed by atoms with Gasteiger partial charge in [0, 0.05) is 18.5 Å². The van der Waals surface area contributed by atoms with Crippen molar-refractivity contribution in [3.63, 3.8) is 0 Å². The first-order valence-electron chi connectivity index (χ1n) is 6.20. The zero-order valence-electron chi connectivity index (χ0n) is 9.89. The van der Waals surface area contributed by atoms with E-state index in [9.17, 15) is 0 Å². The number of rotatable bonds is 1. The van der Waals surface area contributed by atoms with Gasteiger partial charge in [-0.2, -0.15) is 0 Å². The van der Waals surface area contributed by atoms with E-state index in [1.54, 1.807) is 0 Å². The molecule has 2 aliphatic rings. The first-order chi connectivity index (χ1) is 7.81. The number of allylic oxidation sites excluding steroid dienone is 2. The van der Waals surface area contributed by atoms with Crippen molar-refractivity contribution in [3.05, 3.63) is 48.0 Å². The molecule has 0 saturated carbocycles. The van der Waals surface area contributed by atoms with Crippen LogP contribution in [0.2, 0.25) is 0 Å². The molecule has 16 heavy (non-hydrogen) atoms. The van der Waals surface area contributed by atoms with E-state index in [0.29, 0.717) is 5.41 Å². The molecule has 0 amide bonds. The van der Waals surface area contributed by atoms with Crippen molar-refractivity contribution < 1.29 is 0 Å². The van der Waals surface area contributed by atoms with Crippen molar-refractivity contribution in [2.24, 2.45) is 5.92 Å². The predicted molar refractivity (Wildman–Crippen MR) is 67.5 cm³/mol. The number of fused-ring (bicyclic) bond motifs is 1. The molecule has 1 heterocycles. The van der Waals surface area contributed by atoms with Crippen molar-refractivity contribution in [1.82, 2.24) is 4.90 Å². The van der Waals surface area contributed by atoms with Crippen LogP contribution in [0, 0.1) is 5.92 Å². The minimum absolute atomic E-state index is 0.394. The first-order valence-corrected chi connectivity index (χ1v) is 6.20. The van der Waals surface area contributed by atoms with Crippen LogP contribution in [0.1, 0.15) is 18.4 Å². The van der Waals surface area contributed by atoms with E-state index in [1.165, 1.54) is 31.5 Å². The normalized spacial score (nSPS) is 33.9. The van der Waals surface area contributed by atoms with E-state index in [-0.39, 0.29) is 0 Å². The van der Waals surface area contributed by atoms with Crippen LogP contribution in [-0.4, -0.2) is 25.0 Å². The summed E-state index contributed by atoms with van der Waals surface area (Å²) >= 11 is 0. The molecule has 1 aromatic carbocycles. The van der Waals surface area contributed by atoms with Gasteiger partial charge in [-0.3, -0.25) is 0 Å². The van der Waals surface area contributed by atoms with E-state index in [2.05, 4.69) is 54.4 Å². The average Bonchev–Trinajstić information content (AvgIpc) is 2.67. The highest BCUT2D eigenvalue weighted by atomic mass is 15.1. The van der Waals surface area contributed by atoms with Crippen molar-refractivity contribution in [3.8, 4) is 0 Å². The summed E-state index contributed by atoms with van der Waals surface area (Å²) in [6.45, 7) is 2.46. The highest BCUT2D eigenvalue weighted by Gasteiger charge is 2.46. The minimum atomic E-state index is 0.394. The van der Waals surface area contributed by atoms with E-state index in [4.69, 9.17) is 0 Å². The second-order valence-corrected chi connectivity index (χ2v) is 5.33. The van der Waals surface area contributed by atoms with Gasteiger partial charge in [-0.1, -0.05) is 42.5 Å². The van der Waals surface area contributed by atoms with Gasteiger partial charge in [0.2, 0.25) is 0 Å². The summed E-state index contributed by atoms with van der Waals surface area (Å²) < 4.78 is 0. The van der Waals surface area contributed by atoms with Gasteiger partial charge in [-0.25, -0.2) is 0 Å². The third kappa shape index (κ3) is 1.42. The lowest BCUT2D eigenvalue weighted by Crippen LogP contribution is -2.36. The smallest absolute Gasteiger partial charge is 0.0158 e. The van der Waals surface area contributed by atoms with Gasteiger partial charge in [0.05, 0.1) is 0 Å². The lowest BCUT2D eigenvalue weighted by atomic mass is 9.67. The first kappa shape index (κ1) is 10.1. The van der Waals surface area contributed by atoms with Crippen LogP contribution in [0.4, 0.5) is 0 Å². The zero-order chi connectivity index (χ0) is 11.0.